The molecule has 0 unspecified atom stereocenters. The average Bonchev–Trinajstić information content (AvgIpc) is 1.88. The molecule has 0 bridgehead atoms. The number of hydrogen-bond donors (Lipinski definition) is 1. The molecule has 0 saturated carbocycles. The number of hydrogen-bond acceptors (Lipinski definition) is 2. The molecule has 0 spiro atoms. The molecule has 1 fully saturated rings. The van der Waals surface area contributed by atoms with Crippen molar-refractivity contribution in [3.8, 4) is 0 Å². The number of amides is 1. The Labute approximate surface area is 65.2 Å². The Morgan fingerprint density at radius 3 is 2.40 bits per heavy atom. The summed E-state index contributed by atoms with van der Waals surface area (Å²) < 4.78 is 1.69. The van der Waals surface area contributed by atoms with Crippen molar-refractivity contribution in [2.24, 2.45) is 11.7 Å². The number of rotatable bonds is 1. The first-order valence-corrected chi connectivity index (χ1v) is 3.74. The molecular formula is C6H11ClN2O. The first kappa shape index (κ1) is 7.82. The van der Waals surface area contributed by atoms with Crippen molar-refractivity contribution < 1.29 is 4.79 Å². The van der Waals surface area contributed by atoms with E-state index in [9.17, 15) is 4.79 Å². The van der Waals surface area contributed by atoms with Gasteiger partial charge in [0.2, 0.25) is 5.91 Å². The number of carbonyl (C=O) groups excluding carboxylic acids is 1. The van der Waals surface area contributed by atoms with Gasteiger partial charge in [-0.2, -0.15) is 0 Å². The molecule has 1 amide bonds. The molecule has 0 radical (unpaired) electrons. The van der Waals surface area contributed by atoms with Crippen LogP contribution in [0.2, 0.25) is 0 Å². The highest BCUT2D eigenvalue weighted by atomic mass is 35.5. The van der Waals surface area contributed by atoms with E-state index in [-0.39, 0.29) is 11.8 Å². The quantitative estimate of drug-likeness (QED) is 0.566. The van der Waals surface area contributed by atoms with Gasteiger partial charge in [-0.3, -0.25) is 4.79 Å². The van der Waals surface area contributed by atoms with Crippen LogP contribution in [0.5, 0.6) is 0 Å². The second-order valence-electron chi connectivity index (χ2n) is 2.59. The summed E-state index contributed by atoms with van der Waals surface area (Å²) in [5.41, 5.74) is 5.11. The number of primary amides is 1. The van der Waals surface area contributed by atoms with Gasteiger partial charge in [0, 0.05) is 19.0 Å². The van der Waals surface area contributed by atoms with Crippen molar-refractivity contribution in [2.75, 3.05) is 13.1 Å². The third-order valence-corrected chi connectivity index (χ3v) is 2.18. The predicted octanol–water partition coefficient (Wildman–Crippen LogP) is 0.337. The van der Waals surface area contributed by atoms with Crippen LogP contribution in [0, 0.1) is 5.92 Å². The van der Waals surface area contributed by atoms with E-state index in [0.717, 1.165) is 25.9 Å². The molecule has 3 nitrogen and oxygen atoms in total. The van der Waals surface area contributed by atoms with Crippen LogP contribution in [0.1, 0.15) is 12.8 Å². The van der Waals surface area contributed by atoms with Crippen molar-refractivity contribution in [1.82, 2.24) is 4.42 Å². The van der Waals surface area contributed by atoms with Crippen molar-refractivity contribution in [1.29, 1.82) is 0 Å². The summed E-state index contributed by atoms with van der Waals surface area (Å²) in [6.45, 7) is 1.55. The summed E-state index contributed by atoms with van der Waals surface area (Å²) in [6, 6.07) is 0. The number of carbonyl (C=O) groups is 1. The first-order valence-electron chi connectivity index (χ1n) is 3.40. The number of nitrogens with zero attached hydrogens (tertiary/aromatic N) is 1. The minimum Gasteiger partial charge on any atom is -0.369 e. The Morgan fingerprint density at radius 1 is 1.50 bits per heavy atom. The van der Waals surface area contributed by atoms with Crippen molar-refractivity contribution in [3.05, 3.63) is 0 Å². The van der Waals surface area contributed by atoms with E-state index < -0.39 is 0 Å². The maximum absolute atomic E-state index is 10.6. The SMILES string of the molecule is NC(=O)C1CCN(Cl)CC1. The minimum absolute atomic E-state index is 0.0509. The second-order valence-corrected chi connectivity index (χ2v) is 3.06. The highest BCUT2D eigenvalue weighted by Crippen LogP contribution is 2.17. The van der Waals surface area contributed by atoms with Gasteiger partial charge in [-0.25, -0.2) is 4.42 Å². The molecule has 10 heavy (non-hydrogen) atoms. The van der Waals surface area contributed by atoms with Crippen molar-refractivity contribution in [3.63, 3.8) is 0 Å². The van der Waals surface area contributed by atoms with E-state index in [0.29, 0.717) is 0 Å². The Hall–Kier alpha value is -0.280. The largest absolute Gasteiger partial charge is 0.369 e. The second kappa shape index (κ2) is 3.21. The Kier molecular flexibility index (Phi) is 2.51. The molecule has 2 N–H and O–H groups in total. The van der Waals surface area contributed by atoms with E-state index in [1.165, 1.54) is 0 Å². The Balaban J connectivity index is 2.33. The highest BCUT2D eigenvalue weighted by Gasteiger charge is 2.21. The number of piperidine rings is 1. The van der Waals surface area contributed by atoms with Crippen molar-refractivity contribution >= 4 is 17.7 Å². The molecule has 1 rings (SSSR count). The zero-order chi connectivity index (χ0) is 7.56. The molecule has 1 saturated heterocycles. The third kappa shape index (κ3) is 1.85. The van der Waals surface area contributed by atoms with Crippen LogP contribution in [0.25, 0.3) is 0 Å². The Morgan fingerprint density at radius 2 is 2.00 bits per heavy atom. The van der Waals surface area contributed by atoms with Gasteiger partial charge in [-0.05, 0) is 24.6 Å². The van der Waals surface area contributed by atoms with Crippen LogP contribution in [0.3, 0.4) is 0 Å². The zero-order valence-electron chi connectivity index (χ0n) is 5.72. The molecule has 1 heterocycles. The topological polar surface area (TPSA) is 46.3 Å². The zero-order valence-corrected chi connectivity index (χ0v) is 6.47. The average molecular weight is 163 g/mol. The van der Waals surface area contributed by atoms with Gasteiger partial charge < -0.3 is 5.73 Å². The highest BCUT2D eigenvalue weighted by molar-refractivity contribution is 6.13. The monoisotopic (exact) mass is 162 g/mol. The molecule has 58 valence electrons. The van der Waals surface area contributed by atoms with Crippen LogP contribution in [-0.2, 0) is 4.79 Å². The van der Waals surface area contributed by atoms with E-state index in [4.69, 9.17) is 17.5 Å². The summed E-state index contributed by atoms with van der Waals surface area (Å²) >= 11 is 5.67. The van der Waals surface area contributed by atoms with Crippen LogP contribution < -0.4 is 5.73 Å². The summed E-state index contributed by atoms with van der Waals surface area (Å²) in [5, 5.41) is 0. The number of halogens is 1. The fourth-order valence-electron chi connectivity index (χ4n) is 1.13. The molecule has 0 aliphatic carbocycles. The third-order valence-electron chi connectivity index (χ3n) is 1.84. The van der Waals surface area contributed by atoms with Gasteiger partial charge in [0.15, 0.2) is 0 Å². The molecule has 0 aromatic heterocycles. The lowest BCUT2D eigenvalue weighted by Crippen LogP contribution is -2.34. The maximum atomic E-state index is 10.6. The van der Waals surface area contributed by atoms with E-state index >= 15 is 0 Å². The van der Waals surface area contributed by atoms with Crippen LogP contribution in [-0.4, -0.2) is 23.4 Å². The van der Waals surface area contributed by atoms with Crippen LogP contribution in [0.4, 0.5) is 0 Å². The normalized spacial score (nSPS) is 22.9. The first-order chi connectivity index (χ1) is 4.70. The molecule has 4 heteroatoms. The summed E-state index contributed by atoms with van der Waals surface area (Å²) in [5.74, 6) is -0.139. The summed E-state index contributed by atoms with van der Waals surface area (Å²) in [6.07, 6.45) is 1.61. The van der Waals surface area contributed by atoms with Gasteiger partial charge in [0.1, 0.15) is 0 Å². The molecule has 0 aromatic rings. The van der Waals surface area contributed by atoms with Gasteiger partial charge in [0.25, 0.3) is 0 Å². The van der Waals surface area contributed by atoms with Gasteiger partial charge in [-0.15, -0.1) is 0 Å². The van der Waals surface area contributed by atoms with E-state index in [1.807, 2.05) is 0 Å². The van der Waals surface area contributed by atoms with Gasteiger partial charge in [0.05, 0.1) is 0 Å². The van der Waals surface area contributed by atoms with E-state index in [1.54, 1.807) is 4.42 Å². The summed E-state index contributed by atoms with van der Waals surface area (Å²) in [7, 11) is 0. The smallest absolute Gasteiger partial charge is 0.220 e. The maximum Gasteiger partial charge on any atom is 0.220 e. The van der Waals surface area contributed by atoms with Crippen LogP contribution >= 0.6 is 11.8 Å². The standard InChI is InChI=1S/C6H11ClN2O/c7-9-3-1-5(2-4-9)6(8)10/h5H,1-4H2,(H2,8,10). The Bertz CT molecular complexity index is 132. The lowest BCUT2D eigenvalue weighted by molar-refractivity contribution is -0.122. The molecule has 1 aliphatic rings. The minimum atomic E-state index is -0.190. The number of nitrogens with two attached hydrogens (primary N) is 1. The predicted molar refractivity (Wildman–Crippen MR) is 39.3 cm³/mol. The molecule has 0 atom stereocenters. The lowest BCUT2D eigenvalue weighted by atomic mass is 9.98. The van der Waals surface area contributed by atoms with Crippen LogP contribution in [0.15, 0.2) is 0 Å². The lowest BCUT2D eigenvalue weighted by Gasteiger charge is -2.24. The van der Waals surface area contributed by atoms with E-state index in [2.05, 4.69) is 0 Å². The fourth-order valence-corrected chi connectivity index (χ4v) is 1.33. The summed E-state index contributed by atoms with van der Waals surface area (Å²) in [4.78, 5) is 10.6. The fraction of sp³-hybridized carbons (Fsp3) is 0.833. The van der Waals surface area contributed by atoms with Crippen molar-refractivity contribution in [2.45, 2.75) is 12.8 Å². The van der Waals surface area contributed by atoms with Gasteiger partial charge in [-0.1, -0.05) is 0 Å². The van der Waals surface area contributed by atoms with Gasteiger partial charge >= 0.3 is 0 Å². The molecule has 0 aromatic carbocycles. The molecule has 1 aliphatic heterocycles. The molecular weight excluding hydrogens is 152 g/mol.